The van der Waals surface area contributed by atoms with Gasteiger partial charge in [0.2, 0.25) is 0 Å². The van der Waals surface area contributed by atoms with Crippen LogP contribution in [0, 0.1) is 11.3 Å². The first kappa shape index (κ1) is 19.9. The number of benzene rings is 2. The van der Waals surface area contributed by atoms with Crippen molar-refractivity contribution in [2.45, 2.75) is 44.1 Å². The monoisotopic (exact) mass is 390 g/mol. The Kier molecular flexibility index (Phi) is 6.49. The van der Waals surface area contributed by atoms with Crippen molar-refractivity contribution in [3.05, 3.63) is 53.6 Å². The van der Waals surface area contributed by atoms with Gasteiger partial charge in [-0.1, -0.05) is 30.3 Å². The number of nitriles is 1. The van der Waals surface area contributed by atoms with Crippen molar-refractivity contribution in [2.24, 2.45) is 0 Å². The summed E-state index contributed by atoms with van der Waals surface area (Å²) in [4.78, 5) is 2.67. The van der Waals surface area contributed by atoms with Gasteiger partial charge in [-0.05, 0) is 79.1 Å². The van der Waals surface area contributed by atoms with E-state index in [4.69, 9.17) is 14.7 Å². The molecule has 2 aliphatic heterocycles. The maximum atomic E-state index is 8.87. The second kappa shape index (κ2) is 9.43. The van der Waals surface area contributed by atoms with Crippen LogP contribution >= 0.6 is 0 Å². The van der Waals surface area contributed by atoms with E-state index in [9.17, 15) is 0 Å². The summed E-state index contributed by atoms with van der Waals surface area (Å²) in [7, 11) is 1.77. The van der Waals surface area contributed by atoms with E-state index in [0.717, 1.165) is 37.6 Å². The molecule has 0 N–H and O–H groups in total. The Labute approximate surface area is 174 Å². The Morgan fingerprint density at radius 1 is 1.00 bits per heavy atom. The summed E-state index contributed by atoms with van der Waals surface area (Å²) in [6, 6.07) is 17.8. The summed E-state index contributed by atoms with van der Waals surface area (Å²) in [5, 5.41) is 8.87. The van der Waals surface area contributed by atoms with Crippen molar-refractivity contribution >= 4 is 0 Å². The van der Waals surface area contributed by atoms with Gasteiger partial charge in [0, 0.05) is 19.3 Å². The van der Waals surface area contributed by atoms with E-state index in [1.165, 1.54) is 42.4 Å². The average Bonchev–Trinajstić information content (AvgIpc) is 2.80. The Morgan fingerprint density at radius 2 is 1.69 bits per heavy atom. The maximum Gasteiger partial charge on any atom is 0.122 e. The molecule has 2 aromatic carbocycles. The Morgan fingerprint density at radius 3 is 2.34 bits per heavy atom. The highest BCUT2D eigenvalue weighted by atomic mass is 16.5. The molecule has 0 aliphatic carbocycles. The van der Waals surface area contributed by atoms with Crippen LogP contribution in [-0.2, 0) is 11.2 Å². The minimum atomic E-state index is 0.458. The number of hydrogen-bond acceptors (Lipinski definition) is 4. The lowest BCUT2D eigenvalue weighted by Gasteiger charge is -2.39. The summed E-state index contributed by atoms with van der Waals surface area (Å²) < 4.78 is 11.2. The molecular weight excluding hydrogens is 360 g/mol. The molecule has 152 valence electrons. The van der Waals surface area contributed by atoms with Crippen LogP contribution in [0.4, 0.5) is 0 Å². The van der Waals surface area contributed by atoms with Crippen molar-refractivity contribution in [1.29, 1.82) is 5.26 Å². The van der Waals surface area contributed by atoms with Crippen molar-refractivity contribution in [1.82, 2.24) is 4.90 Å². The van der Waals surface area contributed by atoms with Crippen LogP contribution in [0.3, 0.4) is 0 Å². The SMILES string of the molecule is COc1ccc(-c2ccc(CC#N)cc2)cc1C1CCN(C2CCOCC2)CC1. The second-order valence-corrected chi connectivity index (χ2v) is 8.14. The predicted octanol–water partition coefficient (Wildman–Crippen LogP) is 4.79. The van der Waals surface area contributed by atoms with E-state index in [2.05, 4.69) is 53.4 Å². The van der Waals surface area contributed by atoms with Gasteiger partial charge in [0.05, 0.1) is 19.6 Å². The second-order valence-electron chi connectivity index (χ2n) is 8.14. The van der Waals surface area contributed by atoms with Gasteiger partial charge in [0.1, 0.15) is 5.75 Å². The summed E-state index contributed by atoms with van der Waals surface area (Å²) in [6.07, 6.45) is 5.16. The minimum absolute atomic E-state index is 0.458. The van der Waals surface area contributed by atoms with Crippen LogP contribution < -0.4 is 4.74 Å². The number of nitrogens with zero attached hydrogens (tertiary/aromatic N) is 2. The smallest absolute Gasteiger partial charge is 0.122 e. The molecule has 0 spiro atoms. The minimum Gasteiger partial charge on any atom is -0.496 e. The van der Waals surface area contributed by atoms with Crippen molar-refractivity contribution in [2.75, 3.05) is 33.4 Å². The van der Waals surface area contributed by atoms with Gasteiger partial charge in [-0.25, -0.2) is 0 Å². The summed E-state index contributed by atoms with van der Waals surface area (Å²) in [6.45, 7) is 4.14. The molecule has 2 fully saturated rings. The van der Waals surface area contributed by atoms with Gasteiger partial charge in [0.25, 0.3) is 0 Å². The van der Waals surface area contributed by atoms with Crippen molar-refractivity contribution < 1.29 is 9.47 Å². The molecule has 0 atom stereocenters. The maximum absolute atomic E-state index is 8.87. The standard InChI is InChI=1S/C25H30N2O2/c1-28-25-7-6-22(20-4-2-19(3-5-20)8-13-26)18-24(25)21-9-14-27(15-10-21)23-11-16-29-17-12-23/h2-7,18,21,23H,8-12,14-17H2,1H3. The fourth-order valence-electron chi connectivity index (χ4n) is 4.77. The number of hydrogen-bond donors (Lipinski definition) is 0. The molecule has 0 radical (unpaired) electrons. The average molecular weight is 391 g/mol. The van der Waals surface area contributed by atoms with Gasteiger partial charge in [0.15, 0.2) is 0 Å². The molecule has 0 amide bonds. The Bertz CT molecular complexity index is 842. The molecule has 0 bridgehead atoms. The first-order chi connectivity index (χ1) is 14.3. The van der Waals surface area contributed by atoms with Crippen LogP contribution in [0.2, 0.25) is 0 Å². The summed E-state index contributed by atoms with van der Waals surface area (Å²) in [5.74, 6) is 1.54. The molecule has 2 aliphatic rings. The normalized spacial score (nSPS) is 19.0. The largest absolute Gasteiger partial charge is 0.496 e. The summed E-state index contributed by atoms with van der Waals surface area (Å²) >= 11 is 0. The van der Waals surface area contributed by atoms with Crippen LogP contribution in [-0.4, -0.2) is 44.4 Å². The third-order valence-corrected chi connectivity index (χ3v) is 6.48. The van der Waals surface area contributed by atoms with E-state index in [1.807, 2.05) is 0 Å². The zero-order valence-electron chi connectivity index (χ0n) is 17.3. The lowest BCUT2D eigenvalue weighted by molar-refractivity contribution is 0.0251. The van der Waals surface area contributed by atoms with Crippen LogP contribution in [0.5, 0.6) is 5.75 Å². The van der Waals surface area contributed by atoms with Gasteiger partial charge < -0.3 is 14.4 Å². The first-order valence-electron chi connectivity index (χ1n) is 10.7. The van der Waals surface area contributed by atoms with E-state index in [0.29, 0.717) is 18.4 Å². The quantitative estimate of drug-likeness (QED) is 0.737. The van der Waals surface area contributed by atoms with E-state index < -0.39 is 0 Å². The number of likely N-dealkylation sites (tertiary alicyclic amines) is 1. The predicted molar refractivity (Wildman–Crippen MR) is 115 cm³/mol. The number of ether oxygens (including phenoxy) is 2. The highest BCUT2D eigenvalue weighted by Gasteiger charge is 2.28. The molecule has 0 aromatic heterocycles. The molecule has 2 saturated heterocycles. The lowest BCUT2D eigenvalue weighted by Crippen LogP contribution is -2.43. The van der Waals surface area contributed by atoms with Crippen LogP contribution in [0.25, 0.3) is 11.1 Å². The Balaban J connectivity index is 1.49. The highest BCUT2D eigenvalue weighted by molar-refractivity contribution is 5.66. The van der Waals surface area contributed by atoms with Crippen LogP contribution in [0.1, 0.15) is 42.7 Å². The fourth-order valence-corrected chi connectivity index (χ4v) is 4.77. The lowest BCUT2D eigenvalue weighted by atomic mass is 9.86. The fraction of sp³-hybridized carbons (Fsp3) is 0.480. The zero-order chi connectivity index (χ0) is 20.1. The number of rotatable bonds is 5. The molecule has 2 aromatic rings. The third kappa shape index (κ3) is 4.63. The van der Waals surface area contributed by atoms with Gasteiger partial charge in [-0.3, -0.25) is 0 Å². The molecule has 2 heterocycles. The van der Waals surface area contributed by atoms with E-state index in [-0.39, 0.29) is 0 Å². The van der Waals surface area contributed by atoms with Gasteiger partial charge >= 0.3 is 0 Å². The molecule has 4 nitrogen and oxygen atoms in total. The molecule has 4 rings (SSSR count). The number of methoxy groups -OCH3 is 1. The molecule has 29 heavy (non-hydrogen) atoms. The van der Waals surface area contributed by atoms with Crippen molar-refractivity contribution in [3.63, 3.8) is 0 Å². The molecular formula is C25H30N2O2. The van der Waals surface area contributed by atoms with E-state index >= 15 is 0 Å². The topological polar surface area (TPSA) is 45.5 Å². The number of piperidine rings is 1. The first-order valence-corrected chi connectivity index (χ1v) is 10.7. The van der Waals surface area contributed by atoms with Gasteiger partial charge in [-0.2, -0.15) is 5.26 Å². The van der Waals surface area contributed by atoms with E-state index in [1.54, 1.807) is 7.11 Å². The zero-order valence-corrected chi connectivity index (χ0v) is 17.3. The van der Waals surface area contributed by atoms with Gasteiger partial charge in [-0.15, -0.1) is 0 Å². The summed E-state index contributed by atoms with van der Waals surface area (Å²) in [5.41, 5.74) is 4.80. The highest BCUT2D eigenvalue weighted by Crippen LogP contribution is 2.38. The van der Waals surface area contributed by atoms with Crippen LogP contribution in [0.15, 0.2) is 42.5 Å². The molecule has 0 saturated carbocycles. The third-order valence-electron chi connectivity index (χ3n) is 6.48. The van der Waals surface area contributed by atoms with Crippen molar-refractivity contribution in [3.8, 4) is 22.9 Å². The molecule has 4 heteroatoms. The Hall–Kier alpha value is -2.35. The molecule has 0 unspecified atom stereocenters.